The maximum atomic E-state index is 13.0. The molecule has 170 valence electrons. The van der Waals surface area contributed by atoms with E-state index in [1.165, 1.54) is 0 Å². The highest BCUT2D eigenvalue weighted by atomic mass is 31.2. The lowest BCUT2D eigenvalue weighted by Gasteiger charge is -2.33. The van der Waals surface area contributed by atoms with Crippen LogP contribution < -0.4 is 0 Å². The lowest BCUT2D eigenvalue weighted by atomic mass is 10.4. The molecule has 0 spiro atoms. The molecule has 0 N–H and O–H groups in total. The van der Waals surface area contributed by atoms with Crippen molar-refractivity contribution in [2.45, 2.75) is 60.4 Å². The molecule has 0 amide bonds. The van der Waals surface area contributed by atoms with E-state index in [1.807, 2.05) is 11.8 Å². The Hall–Kier alpha value is 0.437. The highest BCUT2D eigenvalue weighted by molar-refractivity contribution is 7.54. The smallest absolute Gasteiger partial charge is 0.344 e. The van der Waals surface area contributed by atoms with Crippen molar-refractivity contribution in [3.05, 3.63) is 0 Å². The van der Waals surface area contributed by atoms with Crippen molar-refractivity contribution < 1.29 is 31.7 Å². The summed E-state index contributed by atoms with van der Waals surface area (Å²) in [5.74, 6) is 0. The lowest BCUT2D eigenvalue weighted by molar-refractivity contribution is 0.133. The quantitative estimate of drug-likeness (QED) is 0.221. The molecule has 0 aromatic carbocycles. The van der Waals surface area contributed by atoms with Gasteiger partial charge in [-0.05, 0) is 53.9 Å². The van der Waals surface area contributed by atoms with Gasteiger partial charge in [-0.3, -0.25) is 14.0 Å². The fourth-order valence-corrected chi connectivity index (χ4v) is 7.64. The number of hydrogen-bond donors (Lipinski definition) is 0. The van der Waals surface area contributed by atoms with Crippen LogP contribution in [0, 0.1) is 0 Å². The van der Waals surface area contributed by atoms with Crippen LogP contribution in [0.15, 0.2) is 0 Å². The molecular formula is C17H41NO7P2Si. The fraction of sp³-hybridized carbons (Fsp3) is 1.00. The molecule has 0 aromatic rings. The van der Waals surface area contributed by atoms with Gasteiger partial charge in [0.05, 0.1) is 38.7 Å². The van der Waals surface area contributed by atoms with Crippen molar-refractivity contribution in [1.82, 2.24) is 4.90 Å². The van der Waals surface area contributed by atoms with Gasteiger partial charge in [0.15, 0.2) is 8.32 Å². The molecule has 28 heavy (non-hydrogen) atoms. The molecule has 0 bridgehead atoms. The van der Waals surface area contributed by atoms with E-state index in [0.29, 0.717) is 39.5 Å². The molecule has 0 aliphatic heterocycles. The summed E-state index contributed by atoms with van der Waals surface area (Å²) < 4.78 is 54.0. The maximum Gasteiger partial charge on any atom is 0.344 e. The summed E-state index contributed by atoms with van der Waals surface area (Å²) in [6.45, 7) is 17.7. The Morgan fingerprint density at radius 2 is 1.21 bits per heavy atom. The molecule has 0 aliphatic carbocycles. The first-order chi connectivity index (χ1) is 13.0. The summed E-state index contributed by atoms with van der Waals surface area (Å²) in [7, 11) is -8.42. The topological polar surface area (TPSA) is 83.5 Å². The zero-order valence-corrected chi connectivity index (χ0v) is 21.7. The third-order valence-corrected chi connectivity index (χ3v) is 8.78. The van der Waals surface area contributed by atoms with E-state index in [1.54, 1.807) is 27.7 Å². The van der Waals surface area contributed by atoms with Crippen molar-refractivity contribution in [3.63, 3.8) is 0 Å². The van der Waals surface area contributed by atoms with Crippen LogP contribution in [-0.4, -0.2) is 71.3 Å². The van der Waals surface area contributed by atoms with E-state index in [0.717, 1.165) is 0 Å². The Bertz CT molecular complexity index is 496. The summed E-state index contributed by atoms with van der Waals surface area (Å²) in [6.07, 6.45) is -0.0555. The average molecular weight is 462 g/mol. The predicted octanol–water partition coefficient (Wildman–Crippen LogP) is 5.02. The molecule has 1 unspecified atom stereocenters. The van der Waals surface area contributed by atoms with E-state index in [4.69, 9.17) is 22.5 Å². The SMILES string of the molecule is CCOP(=O)(CC(CN(CC)CP(=O)(OCC)OCC)O[Si](C)(C)C)OCC. The van der Waals surface area contributed by atoms with Crippen molar-refractivity contribution in [2.75, 3.05) is 52.0 Å². The van der Waals surface area contributed by atoms with Crippen LogP contribution in [0.1, 0.15) is 34.6 Å². The normalized spacial score (nSPS) is 14.6. The van der Waals surface area contributed by atoms with Gasteiger partial charge >= 0.3 is 15.2 Å². The minimum atomic E-state index is -3.27. The molecular weight excluding hydrogens is 420 g/mol. The summed E-state index contributed by atoms with van der Waals surface area (Å²) in [6, 6.07) is 0. The molecule has 0 saturated carbocycles. The van der Waals surface area contributed by atoms with E-state index >= 15 is 0 Å². The van der Waals surface area contributed by atoms with Crippen molar-refractivity contribution in [1.29, 1.82) is 0 Å². The summed E-state index contributed by atoms with van der Waals surface area (Å²) in [4.78, 5) is 1.96. The van der Waals surface area contributed by atoms with Gasteiger partial charge in [-0.2, -0.15) is 0 Å². The molecule has 0 fully saturated rings. The summed E-state index contributed by atoms with van der Waals surface area (Å²) >= 11 is 0. The Kier molecular flexibility index (Phi) is 13.9. The van der Waals surface area contributed by atoms with Gasteiger partial charge in [-0.25, -0.2) is 0 Å². The Labute approximate surface area is 172 Å². The van der Waals surface area contributed by atoms with E-state index in [9.17, 15) is 9.13 Å². The molecule has 0 aliphatic rings. The zero-order chi connectivity index (χ0) is 21.8. The zero-order valence-electron chi connectivity index (χ0n) is 18.9. The van der Waals surface area contributed by atoms with Gasteiger partial charge in [-0.1, -0.05) is 6.92 Å². The van der Waals surface area contributed by atoms with Crippen LogP contribution in [0.4, 0.5) is 0 Å². The second-order valence-corrected chi connectivity index (χ2v) is 15.8. The maximum absolute atomic E-state index is 13.0. The molecule has 0 saturated heterocycles. The average Bonchev–Trinajstić information content (AvgIpc) is 2.53. The van der Waals surface area contributed by atoms with Crippen LogP contribution >= 0.6 is 15.2 Å². The highest BCUT2D eigenvalue weighted by Crippen LogP contribution is 2.50. The van der Waals surface area contributed by atoms with Crippen LogP contribution in [0.3, 0.4) is 0 Å². The largest absolute Gasteiger partial charge is 0.413 e. The second kappa shape index (κ2) is 13.7. The second-order valence-electron chi connectivity index (χ2n) is 7.24. The van der Waals surface area contributed by atoms with Crippen LogP contribution in [-0.2, 0) is 31.7 Å². The van der Waals surface area contributed by atoms with Gasteiger partial charge in [0.2, 0.25) is 0 Å². The van der Waals surface area contributed by atoms with Gasteiger partial charge in [-0.15, -0.1) is 0 Å². The van der Waals surface area contributed by atoms with Crippen molar-refractivity contribution in [2.24, 2.45) is 0 Å². The fourth-order valence-electron chi connectivity index (χ4n) is 2.75. The molecule has 8 nitrogen and oxygen atoms in total. The molecule has 0 aromatic heterocycles. The molecule has 0 radical (unpaired) electrons. The van der Waals surface area contributed by atoms with Gasteiger partial charge in [0, 0.05) is 6.54 Å². The Morgan fingerprint density at radius 1 is 0.786 bits per heavy atom. The van der Waals surface area contributed by atoms with Gasteiger partial charge in [0.1, 0.15) is 6.29 Å². The van der Waals surface area contributed by atoms with E-state index in [-0.39, 0.29) is 18.6 Å². The Morgan fingerprint density at radius 3 is 1.57 bits per heavy atom. The number of likely N-dealkylation sites (N-methyl/N-ethyl adjacent to an activating group) is 1. The minimum Gasteiger partial charge on any atom is -0.413 e. The molecule has 11 heteroatoms. The summed E-state index contributed by atoms with van der Waals surface area (Å²) in [5.41, 5.74) is 0. The molecule has 0 rings (SSSR count). The van der Waals surface area contributed by atoms with Crippen LogP contribution in [0.5, 0.6) is 0 Å². The van der Waals surface area contributed by atoms with Crippen LogP contribution in [0.25, 0.3) is 0 Å². The van der Waals surface area contributed by atoms with Gasteiger partial charge < -0.3 is 22.5 Å². The standard InChI is InChI=1S/C17H41NO7P2Si/c1-9-18(16-27(20,23-12-4)24-13-5)14-17(25-28(6,7)8)15-26(19,21-10-2)22-11-3/h17H,9-16H2,1-8H3. The van der Waals surface area contributed by atoms with E-state index < -0.39 is 23.5 Å². The molecule has 0 heterocycles. The minimum absolute atomic E-state index is 0.156. The van der Waals surface area contributed by atoms with Gasteiger partial charge in [0.25, 0.3) is 0 Å². The highest BCUT2D eigenvalue weighted by Gasteiger charge is 2.34. The Balaban J connectivity index is 5.42. The molecule has 1 atom stereocenters. The first kappa shape index (κ1) is 28.4. The van der Waals surface area contributed by atoms with Crippen molar-refractivity contribution >= 4 is 23.5 Å². The predicted molar refractivity (Wildman–Crippen MR) is 117 cm³/mol. The first-order valence-corrected chi connectivity index (χ1v) is 17.0. The third kappa shape index (κ3) is 12.2. The van der Waals surface area contributed by atoms with Crippen LogP contribution in [0.2, 0.25) is 19.6 Å². The van der Waals surface area contributed by atoms with Crippen molar-refractivity contribution in [3.8, 4) is 0 Å². The summed E-state index contributed by atoms with van der Waals surface area (Å²) in [5, 5.41) is 0. The number of nitrogens with zero attached hydrogens (tertiary/aromatic N) is 1. The first-order valence-electron chi connectivity index (χ1n) is 10.1. The lowest BCUT2D eigenvalue weighted by Crippen LogP contribution is -2.42. The third-order valence-electron chi connectivity index (χ3n) is 3.53. The van der Waals surface area contributed by atoms with E-state index in [2.05, 4.69) is 19.6 Å². The number of rotatable bonds is 17. The monoisotopic (exact) mass is 461 g/mol. The number of hydrogen-bond acceptors (Lipinski definition) is 8.